The topological polar surface area (TPSA) is 40.6 Å². The first-order valence-electron chi connectivity index (χ1n) is 10.5. The lowest BCUT2D eigenvalue weighted by molar-refractivity contribution is -0.137. The fourth-order valence-corrected chi connectivity index (χ4v) is 4.83. The minimum atomic E-state index is 0.0420. The van der Waals surface area contributed by atoms with Crippen molar-refractivity contribution in [2.75, 3.05) is 19.6 Å². The van der Waals surface area contributed by atoms with Crippen LogP contribution in [0.15, 0.2) is 59.1 Å². The predicted molar refractivity (Wildman–Crippen MR) is 118 cm³/mol. The molecule has 1 atom stereocenters. The molecule has 1 unspecified atom stereocenters. The van der Waals surface area contributed by atoms with Gasteiger partial charge in [-0.05, 0) is 61.9 Å². The van der Waals surface area contributed by atoms with Gasteiger partial charge in [-0.2, -0.15) is 0 Å². The molecule has 2 aliphatic heterocycles. The summed E-state index contributed by atoms with van der Waals surface area (Å²) in [5.41, 5.74) is 2.01. The molecule has 2 aromatic carbocycles. The zero-order chi connectivity index (χ0) is 20.2. The van der Waals surface area contributed by atoms with Crippen molar-refractivity contribution in [1.82, 2.24) is 9.80 Å². The number of likely N-dealkylation sites (tertiary alicyclic amines) is 2. The number of carbonyl (C=O) groups is 2. The second-order valence-corrected chi connectivity index (χ2v) is 9.01. The summed E-state index contributed by atoms with van der Waals surface area (Å²) in [6, 6.07) is 18.2. The first-order valence-corrected chi connectivity index (χ1v) is 11.3. The quantitative estimate of drug-likeness (QED) is 0.680. The van der Waals surface area contributed by atoms with Crippen LogP contribution in [-0.4, -0.2) is 47.3 Å². The van der Waals surface area contributed by atoms with Gasteiger partial charge >= 0.3 is 0 Å². The molecule has 2 aromatic rings. The molecule has 0 aliphatic carbocycles. The molecule has 29 heavy (non-hydrogen) atoms. The van der Waals surface area contributed by atoms with Gasteiger partial charge in [0.1, 0.15) is 0 Å². The van der Waals surface area contributed by atoms with Gasteiger partial charge in [0, 0.05) is 41.6 Å². The average Bonchev–Trinajstić information content (AvgIpc) is 3.22. The van der Waals surface area contributed by atoms with Crippen LogP contribution in [-0.2, 0) is 11.2 Å². The van der Waals surface area contributed by atoms with Crippen molar-refractivity contribution in [3.05, 3.63) is 70.2 Å². The Bertz CT molecular complexity index is 845. The Hall–Kier alpha value is -2.14. The Morgan fingerprint density at radius 2 is 1.59 bits per heavy atom. The van der Waals surface area contributed by atoms with Crippen LogP contribution in [0.2, 0.25) is 0 Å². The first kappa shape index (κ1) is 20.1. The van der Waals surface area contributed by atoms with Gasteiger partial charge in [0.2, 0.25) is 5.91 Å². The summed E-state index contributed by atoms with van der Waals surface area (Å²) < 4.78 is 0.967. The van der Waals surface area contributed by atoms with Crippen molar-refractivity contribution in [1.29, 1.82) is 0 Å². The SMILES string of the molecule is O=C(c1ccc(Br)cc1)N1CCC(C(=O)N2CCCC2Cc2ccccc2)CC1. The highest BCUT2D eigenvalue weighted by Gasteiger charge is 2.35. The Morgan fingerprint density at radius 3 is 2.28 bits per heavy atom. The van der Waals surface area contributed by atoms with Crippen LogP contribution in [0.5, 0.6) is 0 Å². The summed E-state index contributed by atoms with van der Waals surface area (Å²) in [6.07, 6.45) is 4.63. The molecule has 0 saturated carbocycles. The zero-order valence-electron chi connectivity index (χ0n) is 16.6. The molecule has 2 saturated heterocycles. The number of nitrogens with zero attached hydrogens (tertiary/aromatic N) is 2. The molecule has 0 N–H and O–H groups in total. The van der Waals surface area contributed by atoms with Crippen LogP contribution in [0, 0.1) is 5.92 Å². The van der Waals surface area contributed by atoms with Gasteiger partial charge in [0.15, 0.2) is 0 Å². The van der Waals surface area contributed by atoms with Crippen LogP contribution in [0.25, 0.3) is 0 Å². The van der Waals surface area contributed by atoms with E-state index in [0.717, 1.165) is 43.1 Å². The van der Waals surface area contributed by atoms with Gasteiger partial charge in [0.05, 0.1) is 0 Å². The third-order valence-corrected chi connectivity index (χ3v) is 6.73. The number of halogens is 1. The summed E-state index contributed by atoms with van der Waals surface area (Å²) in [7, 11) is 0. The fraction of sp³-hybridized carbons (Fsp3) is 0.417. The van der Waals surface area contributed by atoms with Crippen molar-refractivity contribution in [3.8, 4) is 0 Å². The molecule has 2 amide bonds. The lowest BCUT2D eigenvalue weighted by Gasteiger charge is -2.35. The maximum absolute atomic E-state index is 13.2. The third-order valence-electron chi connectivity index (χ3n) is 6.20. The van der Waals surface area contributed by atoms with Gasteiger partial charge in [-0.1, -0.05) is 46.3 Å². The summed E-state index contributed by atoms with van der Waals surface area (Å²) >= 11 is 3.41. The van der Waals surface area contributed by atoms with Crippen LogP contribution < -0.4 is 0 Å². The monoisotopic (exact) mass is 454 g/mol. The Morgan fingerprint density at radius 1 is 0.897 bits per heavy atom. The zero-order valence-corrected chi connectivity index (χ0v) is 18.2. The van der Waals surface area contributed by atoms with E-state index in [4.69, 9.17) is 0 Å². The van der Waals surface area contributed by atoms with Crippen molar-refractivity contribution in [2.24, 2.45) is 5.92 Å². The average molecular weight is 455 g/mol. The van der Waals surface area contributed by atoms with Gasteiger partial charge in [-0.15, -0.1) is 0 Å². The van der Waals surface area contributed by atoms with Gasteiger partial charge in [-0.3, -0.25) is 9.59 Å². The number of amides is 2. The van der Waals surface area contributed by atoms with Crippen LogP contribution in [0.4, 0.5) is 0 Å². The highest BCUT2D eigenvalue weighted by Crippen LogP contribution is 2.27. The molecule has 0 radical (unpaired) electrons. The summed E-state index contributed by atoms with van der Waals surface area (Å²) in [6.45, 7) is 2.18. The number of piperidine rings is 1. The molecule has 2 aliphatic rings. The minimum Gasteiger partial charge on any atom is -0.339 e. The van der Waals surface area contributed by atoms with E-state index >= 15 is 0 Å². The molecular weight excluding hydrogens is 428 g/mol. The lowest BCUT2D eigenvalue weighted by Crippen LogP contribution is -2.46. The van der Waals surface area contributed by atoms with Gasteiger partial charge in [0.25, 0.3) is 5.91 Å². The Balaban J connectivity index is 1.33. The number of benzene rings is 2. The van der Waals surface area contributed by atoms with Crippen LogP contribution >= 0.6 is 15.9 Å². The highest BCUT2D eigenvalue weighted by atomic mass is 79.9. The normalized spacial score (nSPS) is 20.1. The third kappa shape index (κ3) is 4.72. The predicted octanol–water partition coefficient (Wildman–Crippen LogP) is 4.54. The maximum atomic E-state index is 13.2. The summed E-state index contributed by atoms with van der Waals surface area (Å²) in [5.74, 6) is 0.394. The largest absolute Gasteiger partial charge is 0.339 e. The molecule has 4 nitrogen and oxygen atoms in total. The maximum Gasteiger partial charge on any atom is 0.253 e. The smallest absolute Gasteiger partial charge is 0.253 e. The molecule has 2 heterocycles. The molecule has 5 heteroatoms. The van der Waals surface area contributed by atoms with Gasteiger partial charge in [-0.25, -0.2) is 0 Å². The highest BCUT2D eigenvalue weighted by molar-refractivity contribution is 9.10. The molecule has 2 fully saturated rings. The number of hydrogen-bond acceptors (Lipinski definition) is 2. The Kier molecular flexibility index (Phi) is 6.34. The standard InChI is InChI=1S/C24H27BrN2O2/c25-21-10-8-19(9-11-21)23(28)26-15-12-20(13-16-26)24(29)27-14-4-7-22(27)17-18-5-2-1-3-6-18/h1-3,5-6,8-11,20,22H,4,7,12-17H2. The molecule has 152 valence electrons. The van der Waals surface area contributed by atoms with E-state index in [0.29, 0.717) is 30.6 Å². The number of rotatable bonds is 4. The minimum absolute atomic E-state index is 0.0420. The van der Waals surface area contributed by atoms with Crippen LogP contribution in [0.3, 0.4) is 0 Å². The van der Waals surface area contributed by atoms with Crippen molar-refractivity contribution >= 4 is 27.7 Å². The van der Waals surface area contributed by atoms with E-state index in [2.05, 4.69) is 45.1 Å². The van der Waals surface area contributed by atoms with E-state index in [-0.39, 0.29) is 11.8 Å². The molecule has 4 rings (SSSR count). The van der Waals surface area contributed by atoms with E-state index in [9.17, 15) is 9.59 Å². The van der Waals surface area contributed by atoms with E-state index in [1.165, 1.54) is 5.56 Å². The van der Waals surface area contributed by atoms with E-state index < -0.39 is 0 Å². The Labute approximate surface area is 181 Å². The van der Waals surface area contributed by atoms with Crippen LogP contribution in [0.1, 0.15) is 41.6 Å². The molecular formula is C24H27BrN2O2. The van der Waals surface area contributed by atoms with Crippen molar-refractivity contribution in [3.63, 3.8) is 0 Å². The number of hydrogen-bond donors (Lipinski definition) is 0. The molecule has 0 aromatic heterocycles. The first-order chi connectivity index (χ1) is 14.1. The number of carbonyl (C=O) groups excluding carboxylic acids is 2. The van der Waals surface area contributed by atoms with Gasteiger partial charge < -0.3 is 9.80 Å². The van der Waals surface area contributed by atoms with E-state index in [1.807, 2.05) is 35.2 Å². The molecule has 0 bridgehead atoms. The van der Waals surface area contributed by atoms with E-state index in [1.54, 1.807) is 0 Å². The van der Waals surface area contributed by atoms with Crippen molar-refractivity contribution in [2.45, 2.75) is 38.1 Å². The molecule has 0 spiro atoms. The summed E-state index contributed by atoms with van der Waals surface area (Å²) in [4.78, 5) is 29.9. The second kappa shape index (κ2) is 9.12. The second-order valence-electron chi connectivity index (χ2n) is 8.09. The summed E-state index contributed by atoms with van der Waals surface area (Å²) in [5, 5.41) is 0. The van der Waals surface area contributed by atoms with Crippen molar-refractivity contribution < 1.29 is 9.59 Å². The fourth-order valence-electron chi connectivity index (χ4n) is 4.56. The lowest BCUT2D eigenvalue weighted by atomic mass is 9.94.